The summed E-state index contributed by atoms with van der Waals surface area (Å²) in [7, 11) is -3.50. The molecule has 0 saturated carbocycles. The number of hydrogen-bond acceptors (Lipinski definition) is 4. The van der Waals surface area contributed by atoms with Crippen molar-refractivity contribution in [1.29, 1.82) is 0 Å². The van der Waals surface area contributed by atoms with Gasteiger partial charge in [-0.1, -0.05) is 22.9 Å². The summed E-state index contributed by atoms with van der Waals surface area (Å²) in [6, 6.07) is 4.60. The third kappa shape index (κ3) is 3.15. The van der Waals surface area contributed by atoms with Gasteiger partial charge in [0.25, 0.3) is 0 Å². The van der Waals surface area contributed by atoms with Crippen LogP contribution in [0.5, 0.6) is 11.5 Å². The zero-order valence-electron chi connectivity index (χ0n) is 9.85. The van der Waals surface area contributed by atoms with Crippen molar-refractivity contribution in [2.75, 3.05) is 19.8 Å². The molecule has 1 aliphatic rings. The quantitative estimate of drug-likeness (QED) is 0.847. The van der Waals surface area contributed by atoms with E-state index in [0.717, 1.165) is 0 Å². The van der Waals surface area contributed by atoms with E-state index in [1.807, 2.05) is 6.92 Å². The van der Waals surface area contributed by atoms with Crippen LogP contribution in [-0.2, 0) is 10.0 Å². The van der Waals surface area contributed by atoms with Crippen LogP contribution >= 0.6 is 15.9 Å². The summed E-state index contributed by atoms with van der Waals surface area (Å²) < 4.78 is 37.2. The largest absolute Gasteiger partial charge is 0.486 e. The van der Waals surface area contributed by atoms with Crippen molar-refractivity contribution in [2.24, 2.45) is 0 Å². The molecule has 0 saturated heterocycles. The lowest BCUT2D eigenvalue weighted by molar-refractivity contribution is 0.171. The summed E-state index contributed by atoms with van der Waals surface area (Å²) in [5, 5.41) is 0. The van der Waals surface area contributed by atoms with Crippen molar-refractivity contribution in [3.05, 3.63) is 18.2 Å². The van der Waals surface area contributed by atoms with Crippen molar-refractivity contribution in [3.63, 3.8) is 0 Å². The fourth-order valence-electron chi connectivity index (χ4n) is 1.50. The molecule has 5 nitrogen and oxygen atoms in total. The van der Waals surface area contributed by atoms with Crippen molar-refractivity contribution < 1.29 is 17.9 Å². The van der Waals surface area contributed by atoms with E-state index < -0.39 is 10.0 Å². The topological polar surface area (TPSA) is 64.6 Å². The van der Waals surface area contributed by atoms with Crippen LogP contribution in [0.4, 0.5) is 0 Å². The molecule has 7 heteroatoms. The van der Waals surface area contributed by atoms with Gasteiger partial charge in [-0.05, 0) is 12.1 Å². The minimum atomic E-state index is -3.50. The van der Waals surface area contributed by atoms with E-state index in [9.17, 15) is 8.42 Å². The molecule has 1 aromatic rings. The lowest BCUT2D eigenvalue weighted by atomic mass is 10.3. The molecule has 0 radical (unpaired) electrons. The molecule has 1 heterocycles. The molecule has 0 fully saturated rings. The molecular formula is C11H14BrNO4S. The first kappa shape index (κ1) is 13.6. The van der Waals surface area contributed by atoms with E-state index in [1.54, 1.807) is 6.07 Å². The first-order valence-corrected chi connectivity index (χ1v) is 7.92. The predicted octanol–water partition coefficient (Wildman–Crippen LogP) is 1.52. The van der Waals surface area contributed by atoms with Gasteiger partial charge in [0.15, 0.2) is 11.5 Å². The van der Waals surface area contributed by atoms with Gasteiger partial charge in [0.05, 0.1) is 4.90 Å². The predicted molar refractivity (Wildman–Crippen MR) is 71.0 cm³/mol. The monoisotopic (exact) mass is 335 g/mol. The van der Waals surface area contributed by atoms with Gasteiger partial charge < -0.3 is 9.47 Å². The SMILES string of the molecule is CC(Br)CNS(=O)(=O)c1ccc2c(c1)OCCO2. The Morgan fingerprint density at radius 2 is 2.00 bits per heavy atom. The maximum atomic E-state index is 12.0. The van der Waals surface area contributed by atoms with E-state index >= 15 is 0 Å². The van der Waals surface area contributed by atoms with Crippen LogP contribution < -0.4 is 14.2 Å². The number of hydrogen-bond donors (Lipinski definition) is 1. The number of ether oxygens (including phenoxy) is 2. The first-order chi connectivity index (χ1) is 8.49. The molecule has 0 bridgehead atoms. The Bertz CT molecular complexity index is 530. The molecule has 1 N–H and O–H groups in total. The minimum absolute atomic E-state index is 0.0736. The van der Waals surface area contributed by atoms with Gasteiger partial charge >= 0.3 is 0 Å². The molecule has 0 aromatic heterocycles. The zero-order chi connectivity index (χ0) is 13.2. The molecule has 2 rings (SSSR count). The van der Waals surface area contributed by atoms with Crippen LogP contribution in [0.15, 0.2) is 23.1 Å². The average Bonchev–Trinajstić information content (AvgIpc) is 2.36. The van der Waals surface area contributed by atoms with Crippen LogP contribution in [-0.4, -0.2) is 33.0 Å². The third-order valence-electron chi connectivity index (χ3n) is 2.38. The number of fused-ring (bicyclic) bond motifs is 1. The van der Waals surface area contributed by atoms with E-state index in [4.69, 9.17) is 9.47 Å². The van der Waals surface area contributed by atoms with Gasteiger partial charge in [-0.15, -0.1) is 0 Å². The molecule has 1 aliphatic heterocycles. The summed E-state index contributed by atoms with van der Waals surface area (Å²) in [5.41, 5.74) is 0. The first-order valence-electron chi connectivity index (χ1n) is 5.52. The van der Waals surface area contributed by atoms with Gasteiger partial charge in [-0.25, -0.2) is 13.1 Å². The molecule has 100 valence electrons. The molecule has 1 atom stereocenters. The van der Waals surface area contributed by atoms with Gasteiger partial charge in [0, 0.05) is 17.4 Å². The van der Waals surface area contributed by atoms with Gasteiger partial charge in [0.2, 0.25) is 10.0 Å². The second-order valence-electron chi connectivity index (χ2n) is 3.94. The molecule has 0 aliphatic carbocycles. The standard InChI is InChI=1S/C11H14BrNO4S/c1-8(12)7-13-18(14,15)9-2-3-10-11(6-9)17-5-4-16-10/h2-3,6,8,13H,4-5,7H2,1H3. The van der Waals surface area contributed by atoms with Crippen LogP contribution in [0.1, 0.15) is 6.92 Å². The van der Waals surface area contributed by atoms with Gasteiger partial charge in [-0.2, -0.15) is 0 Å². The van der Waals surface area contributed by atoms with E-state index in [0.29, 0.717) is 31.3 Å². The van der Waals surface area contributed by atoms with Crippen molar-refractivity contribution in [2.45, 2.75) is 16.6 Å². The molecule has 0 spiro atoms. The molecule has 18 heavy (non-hydrogen) atoms. The van der Waals surface area contributed by atoms with E-state index in [-0.39, 0.29) is 9.72 Å². The van der Waals surface area contributed by atoms with Gasteiger partial charge in [0.1, 0.15) is 13.2 Å². The zero-order valence-corrected chi connectivity index (χ0v) is 12.3. The van der Waals surface area contributed by atoms with E-state index in [2.05, 4.69) is 20.7 Å². The third-order valence-corrected chi connectivity index (χ3v) is 4.12. The van der Waals surface area contributed by atoms with Gasteiger partial charge in [-0.3, -0.25) is 0 Å². The summed E-state index contributed by atoms with van der Waals surface area (Å²) in [6.45, 7) is 3.11. The van der Waals surface area contributed by atoms with Crippen LogP contribution in [0.3, 0.4) is 0 Å². The second kappa shape index (κ2) is 5.46. The minimum Gasteiger partial charge on any atom is -0.486 e. The van der Waals surface area contributed by atoms with E-state index in [1.165, 1.54) is 12.1 Å². The smallest absolute Gasteiger partial charge is 0.240 e. The molecular weight excluding hydrogens is 322 g/mol. The number of halogens is 1. The van der Waals surface area contributed by atoms with Crippen molar-refractivity contribution in [1.82, 2.24) is 4.72 Å². The maximum Gasteiger partial charge on any atom is 0.240 e. The number of rotatable bonds is 4. The number of alkyl halides is 1. The summed E-state index contributed by atoms with van der Waals surface area (Å²) in [6.07, 6.45) is 0. The Labute approximate surface area is 115 Å². The number of sulfonamides is 1. The Hall–Kier alpha value is -0.790. The highest BCUT2D eigenvalue weighted by molar-refractivity contribution is 9.09. The normalized spacial score (nSPS) is 16.3. The Balaban J connectivity index is 2.22. The highest BCUT2D eigenvalue weighted by Gasteiger charge is 2.19. The second-order valence-corrected chi connectivity index (χ2v) is 7.27. The lowest BCUT2D eigenvalue weighted by Crippen LogP contribution is -2.28. The number of nitrogens with one attached hydrogen (secondary N) is 1. The Kier molecular flexibility index (Phi) is 4.14. The highest BCUT2D eigenvalue weighted by Crippen LogP contribution is 2.32. The summed E-state index contributed by atoms with van der Waals surface area (Å²) in [4.78, 5) is 0.254. The maximum absolute atomic E-state index is 12.0. The molecule has 1 unspecified atom stereocenters. The molecule has 1 aromatic carbocycles. The van der Waals surface area contributed by atoms with Crippen LogP contribution in [0.2, 0.25) is 0 Å². The Morgan fingerprint density at radius 1 is 1.33 bits per heavy atom. The fourth-order valence-corrected chi connectivity index (χ4v) is 3.02. The fraction of sp³-hybridized carbons (Fsp3) is 0.455. The summed E-state index contributed by atoms with van der Waals surface area (Å²) in [5.74, 6) is 1.05. The Morgan fingerprint density at radius 3 is 2.67 bits per heavy atom. The van der Waals surface area contributed by atoms with Crippen LogP contribution in [0.25, 0.3) is 0 Å². The number of benzene rings is 1. The van der Waals surface area contributed by atoms with Crippen LogP contribution in [0, 0.1) is 0 Å². The van der Waals surface area contributed by atoms with Crippen molar-refractivity contribution >= 4 is 26.0 Å². The highest BCUT2D eigenvalue weighted by atomic mass is 79.9. The van der Waals surface area contributed by atoms with Crippen molar-refractivity contribution in [3.8, 4) is 11.5 Å². The molecule has 0 amide bonds. The lowest BCUT2D eigenvalue weighted by Gasteiger charge is -2.19. The average molecular weight is 336 g/mol. The summed E-state index contributed by atoms with van der Waals surface area (Å²) >= 11 is 3.29.